The smallest absolute Gasteiger partial charge is 0.251 e. The highest BCUT2D eigenvalue weighted by Crippen LogP contribution is 2.25. The van der Waals surface area contributed by atoms with Crippen molar-refractivity contribution in [2.75, 3.05) is 6.54 Å². The third kappa shape index (κ3) is 4.35. The van der Waals surface area contributed by atoms with Crippen LogP contribution in [0, 0.1) is 5.92 Å². The summed E-state index contributed by atoms with van der Waals surface area (Å²) in [6.45, 7) is 0.634. The van der Waals surface area contributed by atoms with Gasteiger partial charge in [0.2, 0.25) is 0 Å². The highest BCUT2D eigenvalue weighted by Gasteiger charge is 2.25. The van der Waals surface area contributed by atoms with Crippen LogP contribution >= 0.6 is 39.9 Å². The zero-order valence-corrected chi connectivity index (χ0v) is 14.2. The third-order valence-electron chi connectivity index (χ3n) is 3.71. The average Bonchev–Trinajstić information content (AvgIpc) is 2.42. The van der Waals surface area contributed by atoms with Crippen molar-refractivity contribution in [2.45, 2.75) is 31.7 Å². The zero-order chi connectivity index (χ0) is 13.8. The maximum atomic E-state index is 12.2. The minimum Gasteiger partial charge on any atom is -0.349 e. The Morgan fingerprint density at radius 1 is 1.40 bits per heavy atom. The number of benzene rings is 1. The van der Waals surface area contributed by atoms with Crippen molar-refractivity contribution >= 4 is 45.8 Å². The molecule has 2 rings (SSSR count). The summed E-state index contributed by atoms with van der Waals surface area (Å²) in [5.41, 5.74) is 6.40. The number of hydrogen-bond donors (Lipinski definition) is 2. The molecule has 1 aliphatic rings. The zero-order valence-electron chi connectivity index (χ0n) is 11.1. The topological polar surface area (TPSA) is 55.1 Å². The maximum Gasteiger partial charge on any atom is 0.251 e. The predicted octanol–water partition coefficient (Wildman–Crippen LogP) is 3.77. The van der Waals surface area contributed by atoms with Crippen molar-refractivity contribution in [3.8, 4) is 0 Å². The normalized spacial score (nSPS) is 21.9. The number of carbonyl (C=O) groups excluding carboxylic acids is 1. The van der Waals surface area contributed by atoms with E-state index in [9.17, 15) is 4.79 Å². The molecule has 1 aromatic carbocycles. The van der Waals surface area contributed by atoms with E-state index in [4.69, 9.17) is 17.3 Å². The molecule has 1 saturated carbocycles. The van der Waals surface area contributed by atoms with Gasteiger partial charge < -0.3 is 11.1 Å². The van der Waals surface area contributed by atoms with Gasteiger partial charge in [-0.3, -0.25) is 4.79 Å². The molecule has 112 valence electrons. The molecule has 0 aromatic heterocycles. The molecule has 1 fully saturated rings. The second-order valence-corrected chi connectivity index (χ2v) is 6.25. The Kier molecular flexibility index (Phi) is 7.30. The molecular weight excluding hydrogens is 363 g/mol. The van der Waals surface area contributed by atoms with Crippen molar-refractivity contribution < 1.29 is 4.79 Å². The summed E-state index contributed by atoms with van der Waals surface area (Å²) in [6, 6.07) is 5.41. The standard InChI is InChI=1S/C14H18BrClN2O.ClH/c15-11-7-9(5-6-12(11)16)14(19)18-13-4-2-1-3-10(13)8-17;/h5-7,10,13H,1-4,8,17H2,(H,18,19);1H. The van der Waals surface area contributed by atoms with Crippen LogP contribution in [0.5, 0.6) is 0 Å². The van der Waals surface area contributed by atoms with Gasteiger partial charge in [-0.25, -0.2) is 0 Å². The van der Waals surface area contributed by atoms with E-state index in [1.807, 2.05) is 0 Å². The van der Waals surface area contributed by atoms with Crippen LogP contribution in [0.2, 0.25) is 5.02 Å². The number of nitrogens with two attached hydrogens (primary N) is 1. The van der Waals surface area contributed by atoms with Crippen LogP contribution in [0.15, 0.2) is 22.7 Å². The van der Waals surface area contributed by atoms with Crippen LogP contribution < -0.4 is 11.1 Å². The first-order chi connectivity index (χ1) is 9.11. The van der Waals surface area contributed by atoms with Gasteiger partial charge in [-0.15, -0.1) is 12.4 Å². The quantitative estimate of drug-likeness (QED) is 0.837. The molecule has 0 radical (unpaired) electrons. The lowest BCUT2D eigenvalue weighted by Crippen LogP contribution is -2.44. The van der Waals surface area contributed by atoms with Crippen molar-refractivity contribution in [2.24, 2.45) is 11.7 Å². The molecule has 1 aromatic rings. The fourth-order valence-electron chi connectivity index (χ4n) is 2.57. The van der Waals surface area contributed by atoms with Crippen LogP contribution in [-0.4, -0.2) is 18.5 Å². The molecule has 2 atom stereocenters. The van der Waals surface area contributed by atoms with Crippen molar-refractivity contribution in [3.05, 3.63) is 33.3 Å². The summed E-state index contributed by atoms with van der Waals surface area (Å²) in [4.78, 5) is 12.2. The Bertz CT molecular complexity index is 470. The molecule has 20 heavy (non-hydrogen) atoms. The summed E-state index contributed by atoms with van der Waals surface area (Å²) in [5.74, 6) is 0.344. The van der Waals surface area contributed by atoms with E-state index in [1.165, 1.54) is 6.42 Å². The Balaban J connectivity index is 0.00000200. The van der Waals surface area contributed by atoms with Gasteiger partial charge in [-0.05, 0) is 59.4 Å². The Labute approximate surface area is 139 Å². The molecule has 2 unspecified atom stereocenters. The Morgan fingerprint density at radius 3 is 2.75 bits per heavy atom. The van der Waals surface area contributed by atoms with Crippen LogP contribution in [0.3, 0.4) is 0 Å². The molecule has 0 bridgehead atoms. The summed E-state index contributed by atoms with van der Waals surface area (Å²) in [6.07, 6.45) is 4.49. The minimum absolute atomic E-state index is 0. The van der Waals surface area contributed by atoms with E-state index in [0.29, 0.717) is 23.0 Å². The highest BCUT2D eigenvalue weighted by atomic mass is 79.9. The van der Waals surface area contributed by atoms with Gasteiger partial charge in [-0.1, -0.05) is 24.4 Å². The van der Waals surface area contributed by atoms with Crippen LogP contribution in [0.4, 0.5) is 0 Å². The molecule has 1 amide bonds. The van der Waals surface area contributed by atoms with E-state index in [1.54, 1.807) is 18.2 Å². The van der Waals surface area contributed by atoms with Gasteiger partial charge >= 0.3 is 0 Å². The second-order valence-electron chi connectivity index (χ2n) is 4.99. The average molecular weight is 382 g/mol. The van der Waals surface area contributed by atoms with Crippen molar-refractivity contribution in [1.29, 1.82) is 0 Å². The molecule has 0 spiro atoms. The fraction of sp³-hybridized carbons (Fsp3) is 0.500. The molecule has 3 nitrogen and oxygen atoms in total. The number of amides is 1. The van der Waals surface area contributed by atoms with Crippen molar-refractivity contribution in [1.82, 2.24) is 5.32 Å². The molecular formula is C14H19BrCl2N2O. The molecule has 6 heteroatoms. The first kappa shape index (κ1) is 17.8. The van der Waals surface area contributed by atoms with E-state index in [-0.39, 0.29) is 24.4 Å². The number of carbonyl (C=O) groups is 1. The summed E-state index contributed by atoms with van der Waals surface area (Å²) in [5, 5.41) is 3.71. The monoisotopic (exact) mass is 380 g/mol. The van der Waals surface area contributed by atoms with Gasteiger partial charge in [-0.2, -0.15) is 0 Å². The first-order valence-electron chi connectivity index (χ1n) is 6.58. The SMILES string of the molecule is Cl.NCC1CCCCC1NC(=O)c1ccc(Cl)c(Br)c1. The molecule has 0 heterocycles. The Morgan fingerprint density at radius 2 is 2.10 bits per heavy atom. The predicted molar refractivity (Wildman–Crippen MR) is 88.7 cm³/mol. The Hall–Kier alpha value is -0.290. The number of hydrogen-bond acceptors (Lipinski definition) is 2. The van der Waals surface area contributed by atoms with Gasteiger partial charge in [0.1, 0.15) is 0 Å². The minimum atomic E-state index is -0.0530. The van der Waals surface area contributed by atoms with E-state index < -0.39 is 0 Å². The summed E-state index contributed by atoms with van der Waals surface area (Å²) < 4.78 is 0.737. The molecule has 0 saturated heterocycles. The van der Waals surface area contributed by atoms with Crippen LogP contribution in [-0.2, 0) is 0 Å². The molecule has 3 N–H and O–H groups in total. The lowest BCUT2D eigenvalue weighted by Gasteiger charge is -2.31. The third-order valence-corrected chi connectivity index (χ3v) is 4.92. The lowest BCUT2D eigenvalue weighted by molar-refractivity contribution is 0.0908. The van der Waals surface area contributed by atoms with Crippen LogP contribution in [0.1, 0.15) is 36.0 Å². The summed E-state index contributed by atoms with van der Waals surface area (Å²) >= 11 is 9.26. The largest absolute Gasteiger partial charge is 0.349 e. The lowest BCUT2D eigenvalue weighted by atomic mass is 9.84. The molecule has 1 aliphatic carbocycles. The fourth-order valence-corrected chi connectivity index (χ4v) is 3.07. The van der Waals surface area contributed by atoms with Crippen molar-refractivity contribution in [3.63, 3.8) is 0 Å². The number of rotatable bonds is 3. The van der Waals surface area contributed by atoms with Crippen LogP contribution in [0.25, 0.3) is 0 Å². The summed E-state index contributed by atoms with van der Waals surface area (Å²) in [7, 11) is 0. The van der Waals surface area contributed by atoms with E-state index >= 15 is 0 Å². The van der Waals surface area contributed by atoms with Gasteiger partial charge in [0, 0.05) is 16.1 Å². The van der Waals surface area contributed by atoms with Gasteiger partial charge in [0.15, 0.2) is 0 Å². The van der Waals surface area contributed by atoms with Gasteiger partial charge in [0.25, 0.3) is 5.91 Å². The highest BCUT2D eigenvalue weighted by molar-refractivity contribution is 9.10. The van der Waals surface area contributed by atoms with E-state index in [0.717, 1.165) is 23.7 Å². The first-order valence-corrected chi connectivity index (χ1v) is 7.75. The number of nitrogens with one attached hydrogen (secondary N) is 1. The van der Waals surface area contributed by atoms with E-state index in [2.05, 4.69) is 21.2 Å². The number of halogens is 3. The second kappa shape index (κ2) is 8.23. The van der Waals surface area contributed by atoms with Gasteiger partial charge in [0.05, 0.1) is 5.02 Å². The molecule has 0 aliphatic heterocycles. The maximum absolute atomic E-state index is 12.2.